The Hall–Kier alpha value is -1.62. The quantitative estimate of drug-likeness (QED) is 0.842. The zero-order valence-electron chi connectivity index (χ0n) is 10.2. The molecule has 0 aromatic heterocycles. The number of benzene rings is 1. The number of hydrogen-bond donors (Lipinski definition) is 2. The number of halogens is 1. The molecule has 17 heavy (non-hydrogen) atoms. The first-order valence-corrected chi connectivity index (χ1v) is 5.35. The highest BCUT2D eigenvalue weighted by Gasteiger charge is 2.17. The molecule has 1 aromatic rings. The number of carbonyl (C=O) groups excluding carboxylic acids is 1. The van der Waals surface area contributed by atoms with Gasteiger partial charge >= 0.3 is 0 Å². The zero-order chi connectivity index (χ0) is 13.0. The molecule has 3 N–H and O–H groups in total. The summed E-state index contributed by atoms with van der Waals surface area (Å²) in [5.74, 6) is -0.648. The van der Waals surface area contributed by atoms with Gasteiger partial charge in [0, 0.05) is 11.8 Å². The van der Waals surface area contributed by atoms with Crippen LogP contribution in [0.2, 0.25) is 0 Å². The summed E-state index contributed by atoms with van der Waals surface area (Å²) in [4.78, 5) is 11.7. The highest BCUT2D eigenvalue weighted by Crippen LogP contribution is 2.21. The van der Waals surface area contributed by atoms with Gasteiger partial charge in [0.15, 0.2) is 11.6 Å². The zero-order valence-corrected chi connectivity index (χ0v) is 10.2. The fraction of sp³-hybridized carbons (Fsp3) is 0.417. The third kappa shape index (κ3) is 3.42. The van der Waals surface area contributed by atoms with Crippen molar-refractivity contribution < 1.29 is 13.9 Å². The molecule has 0 saturated carbocycles. The Labute approximate surface area is 100.0 Å². The Morgan fingerprint density at radius 2 is 2.12 bits per heavy atom. The number of nitrogens with one attached hydrogen (secondary N) is 1. The average molecular weight is 240 g/mol. The molecule has 1 atom stereocenters. The lowest BCUT2D eigenvalue weighted by Crippen LogP contribution is -2.39. The monoisotopic (exact) mass is 240 g/mol. The van der Waals surface area contributed by atoms with E-state index in [-0.39, 0.29) is 17.6 Å². The van der Waals surface area contributed by atoms with Gasteiger partial charge in [-0.3, -0.25) is 4.79 Å². The van der Waals surface area contributed by atoms with Crippen molar-refractivity contribution >= 4 is 11.6 Å². The first-order valence-electron chi connectivity index (χ1n) is 5.35. The number of amides is 1. The van der Waals surface area contributed by atoms with E-state index in [0.717, 1.165) is 0 Å². The summed E-state index contributed by atoms with van der Waals surface area (Å²) < 4.78 is 17.9. The highest BCUT2D eigenvalue weighted by molar-refractivity contribution is 5.94. The molecular weight excluding hydrogens is 223 g/mol. The molecule has 4 nitrogen and oxygen atoms in total. The van der Waals surface area contributed by atoms with Gasteiger partial charge in [0.05, 0.1) is 13.2 Å². The summed E-state index contributed by atoms with van der Waals surface area (Å²) in [5.41, 5.74) is 6.15. The van der Waals surface area contributed by atoms with Gasteiger partial charge in [-0.05, 0) is 18.1 Å². The molecular formula is C12H17FN2O2. The Morgan fingerprint density at radius 3 is 2.65 bits per heavy atom. The Morgan fingerprint density at radius 1 is 1.47 bits per heavy atom. The third-order valence-electron chi connectivity index (χ3n) is 2.44. The van der Waals surface area contributed by atoms with Crippen molar-refractivity contribution in [1.82, 2.24) is 0 Å². The van der Waals surface area contributed by atoms with Gasteiger partial charge in [0.1, 0.15) is 0 Å². The second-order valence-electron chi connectivity index (χ2n) is 4.11. The number of hydrogen-bond acceptors (Lipinski definition) is 3. The van der Waals surface area contributed by atoms with Crippen LogP contribution in [0.3, 0.4) is 0 Å². The predicted molar refractivity (Wildman–Crippen MR) is 64.4 cm³/mol. The van der Waals surface area contributed by atoms with E-state index in [1.807, 2.05) is 13.8 Å². The van der Waals surface area contributed by atoms with E-state index in [1.165, 1.54) is 25.3 Å². The molecule has 94 valence electrons. The molecule has 0 fully saturated rings. The third-order valence-corrected chi connectivity index (χ3v) is 2.44. The number of rotatable bonds is 4. The van der Waals surface area contributed by atoms with Gasteiger partial charge < -0.3 is 15.8 Å². The SMILES string of the molecule is COc1cc(NC(=O)[C@H](N)C(C)C)ccc1F. The number of carbonyl (C=O) groups is 1. The van der Waals surface area contributed by atoms with Crippen LogP contribution in [0.25, 0.3) is 0 Å². The number of anilines is 1. The molecule has 0 aliphatic carbocycles. The van der Waals surface area contributed by atoms with Crippen molar-refractivity contribution in [2.45, 2.75) is 19.9 Å². The van der Waals surface area contributed by atoms with Crippen molar-refractivity contribution in [2.75, 3.05) is 12.4 Å². The average Bonchev–Trinajstić information content (AvgIpc) is 2.30. The smallest absolute Gasteiger partial charge is 0.241 e. The summed E-state index contributed by atoms with van der Waals surface area (Å²) in [7, 11) is 1.36. The molecule has 0 aliphatic rings. The van der Waals surface area contributed by atoms with E-state index in [4.69, 9.17) is 10.5 Å². The molecule has 0 heterocycles. The summed E-state index contributed by atoms with van der Waals surface area (Å²) in [5, 5.41) is 2.61. The van der Waals surface area contributed by atoms with Crippen LogP contribution in [0.4, 0.5) is 10.1 Å². The van der Waals surface area contributed by atoms with Crippen molar-refractivity contribution in [3.63, 3.8) is 0 Å². The van der Waals surface area contributed by atoms with E-state index < -0.39 is 11.9 Å². The van der Waals surface area contributed by atoms with Crippen LogP contribution in [0.5, 0.6) is 5.75 Å². The summed E-state index contributed by atoms with van der Waals surface area (Å²) >= 11 is 0. The Bertz CT molecular complexity index is 407. The normalized spacial score (nSPS) is 12.4. The van der Waals surface area contributed by atoms with Crippen molar-refractivity contribution in [1.29, 1.82) is 0 Å². The number of methoxy groups -OCH3 is 1. The molecule has 0 unspecified atom stereocenters. The van der Waals surface area contributed by atoms with Gasteiger partial charge in [0.2, 0.25) is 5.91 Å². The second-order valence-corrected chi connectivity index (χ2v) is 4.11. The van der Waals surface area contributed by atoms with Crippen LogP contribution in [0.15, 0.2) is 18.2 Å². The molecule has 1 aromatic carbocycles. The number of ether oxygens (including phenoxy) is 1. The van der Waals surface area contributed by atoms with Crippen LogP contribution in [0.1, 0.15) is 13.8 Å². The van der Waals surface area contributed by atoms with E-state index in [2.05, 4.69) is 5.32 Å². The van der Waals surface area contributed by atoms with Gasteiger partial charge in [-0.2, -0.15) is 0 Å². The largest absolute Gasteiger partial charge is 0.494 e. The molecule has 0 radical (unpaired) electrons. The topological polar surface area (TPSA) is 64.3 Å². The molecule has 1 rings (SSSR count). The minimum Gasteiger partial charge on any atom is -0.494 e. The van der Waals surface area contributed by atoms with Crippen molar-refractivity contribution in [2.24, 2.45) is 11.7 Å². The molecule has 0 aliphatic heterocycles. The molecule has 1 amide bonds. The standard InChI is InChI=1S/C12H17FN2O2/c1-7(2)11(14)12(16)15-8-4-5-9(13)10(6-8)17-3/h4-7,11H,14H2,1-3H3,(H,15,16)/t11-/m1/s1. The molecule has 0 spiro atoms. The molecule has 0 bridgehead atoms. The minimum absolute atomic E-state index is 0.0392. The van der Waals surface area contributed by atoms with E-state index >= 15 is 0 Å². The highest BCUT2D eigenvalue weighted by atomic mass is 19.1. The van der Waals surface area contributed by atoms with E-state index in [9.17, 15) is 9.18 Å². The van der Waals surface area contributed by atoms with Crippen molar-refractivity contribution in [3.05, 3.63) is 24.0 Å². The lowest BCUT2D eigenvalue weighted by Gasteiger charge is -2.15. The van der Waals surface area contributed by atoms with Crippen molar-refractivity contribution in [3.8, 4) is 5.75 Å². The molecule has 0 saturated heterocycles. The first kappa shape index (κ1) is 13.4. The maximum atomic E-state index is 13.1. The van der Waals surface area contributed by atoms with Gasteiger partial charge in [-0.25, -0.2) is 4.39 Å². The summed E-state index contributed by atoms with van der Waals surface area (Å²) in [6.07, 6.45) is 0. The van der Waals surface area contributed by atoms with Crippen LogP contribution < -0.4 is 15.8 Å². The van der Waals surface area contributed by atoms with Gasteiger partial charge in [-0.1, -0.05) is 13.8 Å². The maximum Gasteiger partial charge on any atom is 0.241 e. The van der Waals surface area contributed by atoms with Crippen LogP contribution in [-0.4, -0.2) is 19.1 Å². The summed E-state index contributed by atoms with van der Waals surface area (Å²) in [6, 6.07) is 3.52. The van der Waals surface area contributed by atoms with E-state index in [0.29, 0.717) is 5.69 Å². The molecule has 5 heteroatoms. The van der Waals surface area contributed by atoms with Crippen LogP contribution >= 0.6 is 0 Å². The van der Waals surface area contributed by atoms with E-state index in [1.54, 1.807) is 0 Å². The Kier molecular flexibility index (Phi) is 4.45. The lowest BCUT2D eigenvalue weighted by atomic mass is 10.0. The van der Waals surface area contributed by atoms with Gasteiger partial charge in [0.25, 0.3) is 0 Å². The fourth-order valence-electron chi connectivity index (χ4n) is 1.27. The first-order chi connectivity index (χ1) is 7.95. The van der Waals surface area contributed by atoms with Crippen LogP contribution in [0, 0.1) is 11.7 Å². The minimum atomic E-state index is -0.592. The predicted octanol–water partition coefficient (Wildman–Crippen LogP) is 1.76. The van der Waals surface area contributed by atoms with Gasteiger partial charge in [-0.15, -0.1) is 0 Å². The fourth-order valence-corrected chi connectivity index (χ4v) is 1.27. The summed E-state index contributed by atoms with van der Waals surface area (Å²) in [6.45, 7) is 3.71. The lowest BCUT2D eigenvalue weighted by molar-refractivity contribution is -0.118. The Balaban J connectivity index is 2.78. The number of nitrogens with two attached hydrogens (primary N) is 1. The maximum absolute atomic E-state index is 13.1. The second kappa shape index (κ2) is 5.63. The van der Waals surface area contributed by atoms with Crippen LogP contribution in [-0.2, 0) is 4.79 Å².